The van der Waals surface area contributed by atoms with Gasteiger partial charge in [-0.25, -0.2) is 0 Å². The van der Waals surface area contributed by atoms with Gasteiger partial charge in [-0.15, -0.1) is 0 Å². The second kappa shape index (κ2) is 12.0. The first-order chi connectivity index (χ1) is 17.6. The summed E-state index contributed by atoms with van der Waals surface area (Å²) in [7, 11) is 0. The predicted molar refractivity (Wildman–Crippen MR) is 150 cm³/mol. The van der Waals surface area contributed by atoms with Gasteiger partial charge in [0.1, 0.15) is 11.4 Å². The average molecular weight is 548 g/mol. The Hall–Kier alpha value is -3.33. The van der Waals surface area contributed by atoms with Gasteiger partial charge in [0.05, 0.1) is 15.6 Å². The molecule has 0 aliphatic carbocycles. The number of nitro groups is 1. The zero-order valence-corrected chi connectivity index (χ0v) is 24.1. The lowest BCUT2D eigenvalue weighted by atomic mass is 9.76. The van der Waals surface area contributed by atoms with Crippen LogP contribution in [0.2, 0.25) is 5.02 Å². The van der Waals surface area contributed by atoms with Gasteiger partial charge in [0.25, 0.3) is 5.91 Å². The van der Waals surface area contributed by atoms with Crippen LogP contribution in [-0.2, 0) is 20.4 Å². The molecule has 0 aliphatic heterocycles. The number of carbonyl (C=O) groups is 2. The molecule has 2 amide bonds. The molecule has 38 heavy (non-hydrogen) atoms. The molecule has 0 radical (unpaired) electrons. The van der Waals surface area contributed by atoms with Gasteiger partial charge in [-0.3, -0.25) is 19.7 Å². The largest absolute Gasteiger partial charge is 0.501 e. The fraction of sp³-hybridized carbons (Fsp3) is 0.500. The fourth-order valence-electron chi connectivity index (χ4n) is 3.86. The van der Waals surface area contributed by atoms with Crippen LogP contribution >= 0.6 is 11.6 Å². The molecular formula is C28H38ClN3O6. The van der Waals surface area contributed by atoms with E-state index in [4.69, 9.17) is 16.3 Å². The van der Waals surface area contributed by atoms with Gasteiger partial charge in [-0.2, -0.15) is 0 Å². The number of anilines is 2. The quantitative estimate of drug-likeness (QED) is 0.156. The highest BCUT2D eigenvalue weighted by Crippen LogP contribution is 2.45. The highest BCUT2D eigenvalue weighted by Gasteiger charge is 2.31. The van der Waals surface area contributed by atoms with E-state index < -0.39 is 34.3 Å². The van der Waals surface area contributed by atoms with E-state index in [1.54, 1.807) is 6.92 Å². The molecular weight excluding hydrogens is 510 g/mol. The molecule has 0 fully saturated rings. The lowest BCUT2D eigenvalue weighted by molar-refractivity contribution is -0.384. The van der Waals surface area contributed by atoms with Gasteiger partial charge in [-0.05, 0) is 47.8 Å². The first-order valence-electron chi connectivity index (χ1n) is 12.7. The van der Waals surface area contributed by atoms with Crippen molar-refractivity contribution in [2.75, 3.05) is 10.6 Å². The van der Waals surface area contributed by atoms with Gasteiger partial charge >= 0.3 is 5.69 Å². The van der Waals surface area contributed by atoms with E-state index in [1.165, 1.54) is 5.56 Å². The second-order valence-corrected chi connectivity index (χ2v) is 11.0. The van der Waals surface area contributed by atoms with Gasteiger partial charge < -0.3 is 20.5 Å². The van der Waals surface area contributed by atoms with Gasteiger partial charge in [0, 0.05) is 12.5 Å². The third-order valence-electron chi connectivity index (χ3n) is 7.16. The van der Waals surface area contributed by atoms with E-state index in [1.807, 2.05) is 12.1 Å². The maximum atomic E-state index is 13.2. The third kappa shape index (κ3) is 6.75. The average Bonchev–Trinajstić information content (AvgIpc) is 2.84. The minimum Gasteiger partial charge on any atom is -0.501 e. The van der Waals surface area contributed by atoms with E-state index in [0.717, 1.165) is 31.4 Å². The Labute approximate surface area is 229 Å². The number of nitrogens with one attached hydrogen (secondary N) is 2. The summed E-state index contributed by atoms with van der Waals surface area (Å²) in [6, 6.07) is 7.18. The molecule has 0 spiro atoms. The molecule has 0 aliphatic rings. The van der Waals surface area contributed by atoms with Crippen LogP contribution in [-0.4, -0.2) is 27.9 Å². The molecule has 2 aromatic carbocycles. The number of amides is 2. The predicted octanol–water partition coefficient (Wildman–Crippen LogP) is 7.08. The minimum absolute atomic E-state index is 0.0342. The van der Waals surface area contributed by atoms with Crippen molar-refractivity contribution < 1.29 is 24.4 Å². The Bertz CT molecular complexity index is 1230. The van der Waals surface area contributed by atoms with Crippen molar-refractivity contribution in [3.8, 4) is 11.5 Å². The fourth-order valence-corrected chi connectivity index (χ4v) is 4.11. The van der Waals surface area contributed by atoms with Crippen LogP contribution < -0.4 is 15.4 Å². The molecule has 9 nitrogen and oxygen atoms in total. The number of hydrogen-bond acceptors (Lipinski definition) is 6. The Morgan fingerprint density at radius 1 is 1.08 bits per heavy atom. The Balaban J connectivity index is 2.47. The first kappa shape index (κ1) is 30.9. The van der Waals surface area contributed by atoms with Crippen molar-refractivity contribution in [2.24, 2.45) is 0 Å². The van der Waals surface area contributed by atoms with Crippen molar-refractivity contribution in [3.05, 3.63) is 50.5 Å². The summed E-state index contributed by atoms with van der Waals surface area (Å²) >= 11 is 6.16. The third-order valence-corrected chi connectivity index (χ3v) is 7.46. The maximum absolute atomic E-state index is 13.2. The Kier molecular flexibility index (Phi) is 9.77. The number of ether oxygens (including phenoxy) is 1. The standard InChI is InChI=1S/C28H38ClN3O6/c1-9-21(38-22-13-12-17(27(5,6)10-2)14-18(22)28(7,8)11-3)26(35)31-20-15-19(29)23(30-16(4)33)24(25(20)34)32(36)37/h12-15,21,34H,9-11H2,1-8H3,(H,30,33)(H,31,35). The molecule has 0 heterocycles. The number of phenolic OH excluding ortho intramolecular Hbond substituents is 1. The number of rotatable bonds is 11. The van der Waals surface area contributed by atoms with Crippen molar-refractivity contribution >= 4 is 40.5 Å². The monoisotopic (exact) mass is 547 g/mol. The number of halogens is 1. The van der Waals surface area contributed by atoms with Crippen molar-refractivity contribution in [2.45, 2.75) is 91.6 Å². The Morgan fingerprint density at radius 2 is 1.68 bits per heavy atom. The van der Waals surface area contributed by atoms with E-state index in [-0.39, 0.29) is 27.2 Å². The molecule has 10 heteroatoms. The highest BCUT2D eigenvalue weighted by atomic mass is 35.5. The molecule has 0 aromatic heterocycles. The van der Waals surface area contributed by atoms with E-state index in [2.05, 4.69) is 58.2 Å². The summed E-state index contributed by atoms with van der Waals surface area (Å²) in [5.74, 6) is -1.47. The first-order valence-corrected chi connectivity index (χ1v) is 13.1. The summed E-state index contributed by atoms with van der Waals surface area (Å²) in [4.78, 5) is 35.4. The molecule has 208 valence electrons. The van der Waals surface area contributed by atoms with E-state index in [0.29, 0.717) is 12.2 Å². The summed E-state index contributed by atoms with van der Waals surface area (Å²) in [5, 5.41) is 26.7. The molecule has 1 atom stereocenters. The van der Waals surface area contributed by atoms with Crippen LogP contribution in [0.25, 0.3) is 0 Å². The molecule has 0 saturated carbocycles. The number of aromatic hydroxyl groups is 1. The maximum Gasteiger partial charge on any atom is 0.337 e. The van der Waals surface area contributed by atoms with Crippen LogP contribution in [0.1, 0.15) is 85.8 Å². The van der Waals surface area contributed by atoms with E-state index >= 15 is 0 Å². The number of nitro benzene ring substituents is 1. The normalized spacial score (nSPS) is 12.6. The molecule has 3 N–H and O–H groups in total. The molecule has 2 rings (SSSR count). The summed E-state index contributed by atoms with van der Waals surface area (Å²) in [6.07, 6.45) is 1.14. The lowest BCUT2D eigenvalue weighted by Crippen LogP contribution is -2.33. The van der Waals surface area contributed by atoms with E-state index in [9.17, 15) is 24.8 Å². The number of hydrogen-bond donors (Lipinski definition) is 3. The summed E-state index contributed by atoms with van der Waals surface area (Å²) in [5.41, 5.74) is 0.447. The number of phenols is 1. The summed E-state index contributed by atoms with van der Waals surface area (Å²) < 4.78 is 6.22. The molecule has 1 unspecified atom stereocenters. The van der Waals surface area contributed by atoms with Crippen molar-refractivity contribution in [1.82, 2.24) is 0 Å². The van der Waals surface area contributed by atoms with Gasteiger partial charge in [-0.1, -0.05) is 72.2 Å². The molecule has 0 bridgehead atoms. The number of nitrogens with zero attached hydrogens (tertiary/aromatic N) is 1. The molecule has 0 saturated heterocycles. The summed E-state index contributed by atoms with van der Waals surface area (Å²) in [6.45, 7) is 15.8. The minimum atomic E-state index is -0.960. The topological polar surface area (TPSA) is 131 Å². The van der Waals surface area contributed by atoms with Gasteiger partial charge in [0.2, 0.25) is 11.7 Å². The smallest absolute Gasteiger partial charge is 0.337 e. The van der Waals surface area contributed by atoms with Crippen LogP contribution in [0.3, 0.4) is 0 Å². The van der Waals surface area contributed by atoms with Crippen LogP contribution in [0, 0.1) is 10.1 Å². The number of benzene rings is 2. The van der Waals surface area contributed by atoms with Crippen LogP contribution in [0.4, 0.5) is 17.1 Å². The highest BCUT2D eigenvalue weighted by molar-refractivity contribution is 6.35. The van der Waals surface area contributed by atoms with Gasteiger partial charge in [0.15, 0.2) is 6.10 Å². The molecule has 2 aromatic rings. The second-order valence-electron chi connectivity index (χ2n) is 10.6. The lowest BCUT2D eigenvalue weighted by Gasteiger charge is -2.31. The SMILES string of the molecule is CCC(Oc1ccc(C(C)(C)CC)cc1C(C)(C)CC)C(=O)Nc1cc(Cl)c(NC(C)=O)c([N+](=O)[O-])c1O. The zero-order chi connectivity index (χ0) is 29.0. The van der Waals surface area contributed by atoms with Crippen LogP contribution in [0.15, 0.2) is 24.3 Å². The number of carbonyl (C=O) groups excluding carboxylic acids is 2. The zero-order valence-electron chi connectivity index (χ0n) is 23.3. The van der Waals surface area contributed by atoms with Crippen LogP contribution in [0.5, 0.6) is 11.5 Å². The van der Waals surface area contributed by atoms with Crippen molar-refractivity contribution in [1.29, 1.82) is 0 Å². The van der Waals surface area contributed by atoms with Crippen molar-refractivity contribution in [3.63, 3.8) is 0 Å². The Morgan fingerprint density at radius 3 is 2.18 bits per heavy atom.